The molecular weight excluding hydrogens is 235 g/mol. The molecule has 0 aliphatic heterocycles. The van der Waals surface area contributed by atoms with Crippen LogP contribution < -0.4 is 5.32 Å². The van der Waals surface area contributed by atoms with Gasteiger partial charge in [-0.3, -0.25) is 10.1 Å². The second kappa shape index (κ2) is 4.48. The van der Waals surface area contributed by atoms with Gasteiger partial charge in [-0.2, -0.15) is 13.2 Å². The van der Waals surface area contributed by atoms with Gasteiger partial charge in [0.1, 0.15) is 5.54 Å². The second-order valence-corrected chi connectivity index (χ2v) is 5.55. The first-order chi connectivity index (χ1) is 7.56. The predicted molar refractivity (Wildman–Crippen MR) is 56.7 cm³/mol. The monoisotopic (exact) mass is 253 g/mol. The van der Waals surface area contributed by atoms with E-state index in [0.717, 1.165) is 6.42 Å². The summed E-state index contributed by atoms with van der Waals surface area (Å²) in [6.45, 7) is 2.52. The Kier molecular flexibility index (Phi) is 3.76. The minimum absolute atomic E-state index is 0.228. The Bertz CT molecular complexity index is 302. The molecule has 3 nitrogen and oxygen atoms in total. The SMILES string of the molecule is CC1(C)CCCC(NCC(F)(F)F)(C(=O)O)C1. The van der Waals surface area contributed by atoms with E-state index >= 15 is 0 Å². The lowest BCUT2D eigenvalue weighted by molar-refractivity contribution is -0.154. The molecule has 1 rings (SSSR count). The number of aliphatic carboxylic acids is 1. The predicted octanol–water partition coefficient (Wildman–Crippen LogP) is 2.56. The smallest absolute Gasteiger partial charge is 0.401 e. The molecule has 6 heteroatoms. The molecule has 0 aromatic carbocycles. The molecule has 17 heavy (non-hydrogen) atoms. The van der Waals surface area contributed by atoms with Crippen molar-refractivity contribution in [1.29, 1.82) is 0 Å². The van der Waals surface area contributed by atoms with Crippen LogP contribution >= 0.6 is 0 Å². The van der Waals surface area contributed by atoms with E-state index in [1.807, 2.05) is 13.8 Å². The van der Waals surface area contributed by atoms with Crippen LogP contribution in [0.2, 0.25) is 0 Å². The van der Waals surface area contributed by atoms with Crippen molar-refractivity contribution in [1.82, 2.24) is 5.32 Å². The van der Waals surface area contributed by atoms with Gasteiger partial charge in [-0.25, -0.2) is 0 Å². The molecule has 1 aliphatic rings. The van der Waals surface area contributed by atoms with Crippen LogP contribution in [-0.2, 0) is 4.79 Å². The van der Waals surface area contributed by atoms with Gasteiger partial charge in [0, 0.05) is 0 Å². The average molecular weight is 253 g/mol. The Labute approximate surface area is 98.4 Å². The quantitative estimate of drug-likeness (QED) is 0.812. The fourth-order valence-corrected chi connectivity index (χ4v) is 2.54. The van der Waals surface area contributed by atoms with Crippen LogP contribution in [-0.4, -0.2) is 29.3 Å². The zero-order chi connectivity index (χ0) is 13.3. The molecule has 1 atom stereocenters. The van der Waals surface area contributed by atoms with Crippen molar-refractivity contribution in [3.05, 3.63) is 0 Å². The molecule has 100 valence electrons. The van der Waals surface area contributed by atoms with Crippen molar-refractivity contribution in [2.75, 3.05) is 6.54 Å². The summed E-state index contributed by atoms with van der Waals surface area (Å²) in [6, 6.07) is 0. The van der Waals surface area contributed by atoms with Gasteiger partial charge in [0.15, 0.2) is 0 Å². The number of carbonyl (C=O) groups is 1. The Hall–Kier alpha value is -0.780. The average Bonchev–Trinajstić information content (AvgIpc) is 2.12. The van der Waals surface area contributed by atoms with E-state index in [1.165, 1.54) is 0 Å². The lowest BCUT2D eigenvalue weighted by atomic mass is 9.68. The van der Waals surface area contributed by atoms with E-state index in [4.69, 9.17) is 0 Å². The zero-order valence-electron chi connectivity index (χ0n) is 10.0. The van der Waals surface area contributed by atoms with Crippen molar-refractivity contribution in [2.45, 2.75) is 51.2 Å². The molecule has 0 bridgehead atoms. The first kappa shape index (κ1) is 14.3. The summed E-state index contributed by atoms with van der Waals surface area (Å²) in [7, 11) is 0. The number of carboxylic acid groups (broad SMARTS) is 1. The van der Waals surface area contributed by atoms with Crippen LogP contribution in [0.5, 0.6) is 0 Å². The highest BCUT2D eigenvalue weighted by Gasteiger charge is 2.47. The highest BCUT2D eigenvalue weighted by molar-refractivity contribution is 5.79. The minimum atomic E-state index is -4.38. The normalized spacial score (nSPS) is 29.0. The van der Waals surface area contributed by atoms with E-state index in [0.29, 0.717) is 6.42 Å². The maximum atomic E-state index is 12.2. The first-order valence-corrected chi connectivity index (χ1v) is 5.62. The van der Waals surface area contributed by atoms with Gasteiger partial charge in [-0.1, -0.05) is 20.3 Å². The van der Waals surface area contributed by atoms with Crippen molar-refractivity contribution in [3.8, 4) is 0 Å². The summed E-state index contributed by atoms with van der Waals surface area (Å²) >= 11 is 0. The van der Waals surface area contributed by atoms with E-state index in [1.54, 1.807) is 0 Å². The lowest BCUT2D eigenvalue weighted by Crippen LogP contribution is -2.58. The third kappa shape index (κ3) is 3.87. The van der Waals surface area contributed by atoms with Crippen molar-refractivity contribution in [3.63, 3.8) is 0 Å². The highest BCUT2D eigenvalue weighted by atomic mass is 19.4. The maximum absolute atomic E-state index is 12.2. The largest absolute Gasteiger partial charge is 0.480 e. The van der Waals surface area contributed by atoms with Crippen LogP contribution in [0.4, 0.5) is 13.2 Å². The Morgan fingerprint density at radius 2 is 1.94 bits per heavy atom. The topological polar surface area (TPSA) is 49.3 Å². The van der Waals surface area contributed by atoms with E-state index in [2.05, 4.69) is 5.32 Å². The number of halogens is 3. The molecule has 0 heterocycles. The number of alkyl halides is 3. The van der Waals surface area contributed by atoms with Gasteiger partial charge in [0.25, 0.3) is 0 Å². The number of nitrogens with one attached hydrogen (secondary N) is 1. The summed E-state index contributed by atoms with van der Waals surface area (Å²) in [5, 5.41) is 11.4. The van der Waals surface area contributed by atoms with Gasteiger partial charge in [-0.05, 0) is 24.7 Å². The van der Waals surface area contributed by atoms with Crippen LogP contribution in [0.25, 0.3) is 0 Å². The van der Waals surface area contributed by atoms with Gasteiger partial charge >= 0.3 is 12.1 Å². The fraction of sp³-hybridized carbons (Fsp3) is 0.909. The maximum Gasteiger partial charge on any atom is 0.401 e. The highest BCUT2D eigenvalue weighted by Crippen LogP contribution is 2.41. The molecular formula is C11H18F3NO2. The van der Waals surface area contributed by atoms with Gasteiger partial charge in [-0.15, -0.1) is 0 Å². The van der Waals surface area contributed by atoms with E-state index in [9.17, 15) is 23.1 Å². The number of hydrogen-bond donors (Lipinski definition) is 2. The van der Waals surface area contributed by atoms with Gasteiger partial charge < -0.3 is 5.11 Å². The molecule has 0 amide bonds. The first-order valence-electron chi connectivity index (χ1n) is 5.62. The number of rotatable bonds is 3. The van der Waals surface area contributed by atoms with Crippen LogP contribution in [0, 0.1) is 5.41 Å². The number of hydrogen-bond acceptors (Lipinski definition) is 2. The lowest BCUT2D eigenvalue weighted by Gasteiger charge is -2.42. The molecule has 0 aromatic heterocycles. The van der Waals surface area contributed by atoms with Gasteiger partial charge in [0.05, 0.1) is 6.54 Å². The summed E-state index contributed by atoms with van der Waals surface area (Å²) in [5.74, 6) is -1.19. The second-order valence-electron chi connectivity index (χ2n) is 5.55. The molecule has 0 aromatic rings. The molecule has 1 unspecified atom stereocenters. The Morgan fingerprint density at radius 1 is 1.35 bits per heavy atom. The molecule has 0 saturated heterocycles. The van der Waals surface area contributed by atoms with Gasteiger partial charge in [0.2, 0.25) is 0 Å². The molecule has 1 aliphatic carbocycles. The number of carboxylic acids is 1. The van der Waals surface area contributed by atoms with E-state index in [-0.39, 0.29) is 18.3 Å². The molecule has 2 N–H and O–H groups in total. The molecule has 1 fully saturated rings. The minimum Gasteiger partial charge on any atom is -0.480 e. The molecule has 0 radical (unpaired) electrons. The van der Waals surface area contributed by atoms with Crippen molar-refractivity contribution >= 4 is 5.97 Å². The zero-order valence-corrected chi connectivity index (χ0v) is 10.0. The van der Waals surface area contributed by atoms with Crippen molar-refractivity contribution < 1.29 is 23.1 Å². The summed E-state index contributed by atoms with van der Waals surface area (Å²) in [5.41, 5.74) is -1.67. The summed E-state index contributed by atoms with van der Waals surface area (Å²) in [6.07, 6.45) is -2.43. The van der Waals surface area contributed by atoms with Crippen LogP contribution in [0.3, 0.4) is 0 Å². The molecule has 1 saturated carbocycles. The Balaban J connectivity index is 2.79. The summed E-state index contributed by atoms with van der Waals surface area (Å²) in [4.78, 5) is 11.3. The standard InChI is InChI=1S/C11H18F3NO2/c1-9(2)4-3-5-10(6-9,8(16)17)15-7-11(12,13)14/h15H,3-7H2,1-2H3,(H,16,17). The van der Waals surface area contributed by atoms with E-state index < -0.39 is 24.2 Å². The van der Waals surface area contributed by atoms with Crippen molar-refractivity contribution in [2.24, 2.45) is 5.41 Å². The van der Waals surface area contributed by atoms with Crippen LogP contribution in [0.1, 0.15) is 39.5 Å². The third-order valence-corrected chi connectivity index (χ3v) is 3.27. The Morgan fingerprint density at radius 3 is 2.35 bits per heavy atom. The molecule has 0 spiro atoms. The third-order valence-electron chi connectivity index (χ3n) is 3.27. The van der Waals surface area contributed by atoms with Crippen LogP contribution in [0.15, 0.2) is 0 Å². The fourth-order valence-electron chi connectivity index (χ4n) is 2.54. The summed E-state index contributed by atoms with van der Waals surface area (Å²) < 4.78 is 36.5.